The molecule has 1 heterocycles. The van der Waals surface area contributed by atoms with E-state index in [2.05, 4.69) is 10.4 Å². The lowest BCUT2D eigenvalue weighted by Gasteiger charge is -2.40. The van der Waals surface area contributed by atoms with Gasteiger partial charge < -0.3 is 9.47 Å². The van der Waals surface area contributed by atoms with Gasteiger partial charge >= 0.3 is 22.3 Å². The molecule has 17 heteroatoms. The maximum absolute atomic E-state index is 13.5. The van der Waals surface area contributed by atoms with Crippen LogP contribution >= 0.6 is 33.4 Å². The highest BCUT2D eigenvalue weighted by Gasteiger charge is 2.66. The maximum Gasteiger partial charge on any atom is 0.413 e. The van der Waals surface area contributed by atoms with E-state index in [1.807, 2.05) is 6.07 Å². The smallest absolute Gasteiger partial charge is 0.413 e. The van der Waals surface area contributed by atoms with Crippen molar-refractivity contribution in [3.63, 3.8) is 0 Å². The van der Waals surface area contributed by atoms with Crippen LogP contribution in [0.3, 0.4) is 0 Å². The standard InChI is InChI=1S/C24H16Cl2F5N5O4S/c1-39-22(37)24(6-7-24)19-18(11-33)35-36(20-16(25)8-15(9-17(20)26)41(27,28,29,30)31)21(19)34-23(38)40-12-14-4-2-13(10-32)3-5-14/h2-5,8-9H,6-7,12H2,1H3,(H,34,38). The van der Waals surface area contributed by atoms with Gasteiger partial charge in [0.1, 0.15) is 29.1 Å². The van der Waals surface area contributed by atoms with Gasteiger partial charge in [-0.2, -0.15) is 15.6 Å². The van der Waals surface area contributed by atoms with Crippen molar-refractivity contribution < 1.29 is 38.5 Å². The van der Waals surface area contributed by atoms with E-state index in [-0.39, 0.29) is 37.1 Å². The summed E-state index contributed by atoms with van der Waals surface area (Å²) in [5.41, 5.74) is -1.82. The number of anilines is 1. The molecule has 1 fully saturated rings. The Labute approximate surface area is 238 Å². The van der Waals surface area contributed by atoms with Crippen molar-refractivity contribution in [3.05, 3.63) is 68.8 Å². The zero-order valence-electron chi connectivity index (χ0n) is 20.6. The first-order chi connectivity index (χ1) is 18.9. The van der Waals surface area contributed by atoms with E-state index in [0.29, 0.717) is 15.8 Å². The number of nitrogens with one attached hydrogen (secondary N) is 1. The Balaban J connectivity index is 1.83. The van der Waals surface area contributed by atoms with Crippen molar-refractivity contribution in [2.75, 3.05) is 12.4 Å². The molecule has 1 aromatic heterocycles. The lowest BCUT2D eigenvalue weighted by atomic mass is 9.95. The summed E-state index contributed by atoms with van der Waals surface area (Å²) >= 11 is 12.0. The number of hydrogen-bond acceptors (Lipinski definition) is 7. The number of amides is 1. The summed E-state index contributed by atoms with van der Waals surface area (Å²) in [6.45, 7) is -0.297. The van der Waals surface area contributed by atoms with Crippen LogP contribution in [0.25, 0.3) is 5.69 Å². The molecular weight excluding hydrogens is 620 g/mol. The fraction of sp³-hybridized carbons (Fsp3) is 0.208. The SMILES string of the molecule is COC(=O)C1(c2c(C#N)nn(-c3c(Cl)cc(S(F)(F)(F)(F)F)cc3Cl)c2NC(=O)OCc2ccc(C#N)cc2)CC1. The van der Waals surface area contributed by atoms with E-state index >= 15 is 0 Å². The number of methoxy groups -OCH3 is 1. The van der Waals surface area contributed by atoms with Crippen LogP contribution in [-0.2, 0) is 26.3 Å². The molecule has 0 saturated heterocycles. The van der Waals surface area contributed by atoms with E-state index in [1.54, 1.807) is 6.07 Å². The van der Waals surface area contributed by atoms with Crippen molar-refractivity contribution in [1.82, 2.24) is 9.78 Å². The van der Waals surface area contributed by atoms with Gasteiger partial charge in [-0.15, -0.1) is 0 Å². The quantitative estimate of drug-likeness (QED) is 0.210. The van der Waals surface area contributed by atoms with E-state index < -0.39 is 59.8 Å². The third-order valence-electron chi connectivity index (χ3n) is 6.12. The molecule has 216 valence electrons. The van der Waals surface area contributed by atoms with E-state index in [4.69, 9.17) is 37.9 Å². The topological polar surface area (TPSA) is 130 Å². The highest BCUT2D eigenvalue weighted by Crippen LogP contribution is 3.02. The zero-order valence-corrected chi connectivity index (χ0v) is 22.9. The van der Waals surface area contributed by atoms with Gasteiger partial charge in [-0.1, -0.05) is 54.8 Å². The van der Waals surface area contributed by atoms with Gasteiger partial charge in [0.2, 0.25) is 0 Å². The fourth-order valence-corrected chi connectivity index (χ4v) is 5.49. The monoisotopic (exact) mass is 635 g/mol. The Morgan fingerprint density at radius 3 is 2.12 bits per heavy atom. The number of benzene rings is 2. The molecule has 0 atom stereocenters. The van der Waals surface area contributed by atoms with Gasteiger partial charge in [0, 0.05) is 0 Å². The highest BCUT2D eigenvalue weighted by molar-refractivity contribution is 8.45. The minimum Gasteiger partial charge on any atom is -0.468 e. The van der Waals surface area contributed by atoms with Crippen LogP contribution in [0.15, 0.2) is 41.3 Å². The number of rotatable bonds is 7. The first-order valence-electron chi connectivity index (χ1n) is 11.2. The van der Waals surface area contributed by atoms with Crippen LogP contribution in [-0.4, -0.2) is 29.0 Å². The Kier molecular flexibility index (Phi) is 6.94. The Morgan fingerprint density at radius 1 is 1.07 bits per heavy atom. The van der Waals surface area contributed by atoms with Crippen molar-refractivity contribution in [2.45, 2.75) is 29.8 Å². The predicted octanol–water partition coefficient (Wildman–Crippen LogP) is 7.53. The minimum atomic E-state index is -10.2. The molecule has 1 aliphatic rings. The van der Waals surface area contributed by atoms with E-state index in [1.165, 1.54) is 24.3 Å². The third-order valence-corrected chi connectivity index (χ3v) is 7.82. The maximum atomic E-state index is 13.5. The van der Waals surface area contributed by atoms with Crippen molar-refractivity contribution >= 4 is 51.3 Å². The van der Waals surface area contributed by atoms with Gasteiger partial charge in [0.15, 0.2) is 5.69 Å². The van der Waals surface area contributed by atoms with Crippen molar-refractivity contribution in [3.8, 4) is 17.8 Å². The first-order valence-corrected chi connectivity index (χ1v) is 13.9. The zero-order chi connectivity index (χ0) is 30.4. The lowest BCUT2D eigenvalue weighted by Crippen LogP contribution is -2.25. The number of esters is 1. The Bertz CT molecular complexity index is 1660. The van der Waals surface area contributed by atoms with Crippen LogP contribution in [0.1, 0.15) is 35.2 Å². The second-order valence-electron chi connectivity index (χ2n) is 8.88. The number of hydrogen-bond donors (Lipinski definition) is 1. The number of aromatic nitrogens is 2. The number of ether oxygens (including phenoxy) is 2. The Morgan fingerprint density at radius 2 is 1.66 bits per heavy atom. The number of carbonyl (C=O) groups is 2. The predicted molar refractivity (Wildman–Crippen MR) is 138 cm³/mol. The molecule has 1 saturated carbocycles. The van der Waals surface area contributed by atoms with E-state index in [9.17, 15) is 34.3 Å². The highest BCUT2D eigenvalue weighted by atomic mass is 35.5. The molecule has 4 rings (SSSR count). The van der Waals surface area contributed by atoms with Gasteiger partial charge in [-0.25, -0.2) is 9.48 Å². The molecule has 0 unspecified atom stereocenters. The summed E-state index contributed by atoms with van der Waals surface area (Å²) in [4.78, 5) is 23.1. The van der Waals surface area contributed by atoms with Gasteiger partial charge in [-0.3, -0.25) is 10.1 Å². The largest absolute Gasteiger partial charge is 0.468 e. The van der Waals surface area contributed by atoms with Crippen LogP contribution in [0.4, 0.5) is 30.0 Å². The average Bonchev–Trinajstić information content (AvgIpc) is 3.62. The second-order valence-corrected chi connectivity index (χ2v) is 12.1. The molecular formula is C24H16Cl2F5N5O4S. The van der Waals surface area contributed by atoms with Crippen LogP contribution < -0.4 is 5.32 Å². The molecule has 9 nitrogen and oxygen atoms in total. The number of carbonyl (C=O) groups excluding carboxylic acids is 2. The number of halogens is 7. The molecule has 1 amide bonds. The molecule has 0 bridgehead atoms. The second kappa shape index (κ2) is 9.51. The van der Waals surface area contributed by atoms with Crippen LogP contribution in [0, 0.1) is 22.7 Å². The van der Waals surface area contributed by atoms with Gasteiger partial charge in [0.05, 0.1) is 39.8 Å². The van der Waals surface area contributed by atoms with Crippen LogP contribution in [0.2, 0.25) is 10.0 Å². The fourth-order valence-electron chi connectivity index (χ4n) is 4.03. The molecule has 41 heavy (non-hydrogen) atoms. The van der Waals surface area contributed by atoms with Gasteiger partial charge in [-0.05, 0) is 42.7 Å². The summed E-state index contributed by atoms with van der Waals surface area (Å²) in [5.74, 6) is -1.23. The molecule has 0 aliphatic heterocycles. The van der Waals surface area contributed by atoms with E-state index in [0.717, 1.165) is 7.11 Å². The van der Waals surface area contributed by atoms with Crippen molar-refractivity contribution in [1.29, 1.82) is 10.5 Å². The summed E-state index contributed by atoms with van der Waals surface area (Å²) in [5, 5.41) is 23.1. The van der Waals surface area contributed by atoms with Crippen molar-refractivity contribution in [2.24, 2.45) is 0 Å². The summed E-state index contributed by atoms with van der Waals surface area (Å²) in [6.07, 6.45) is -0.850. The third kappa shape index (κ3) is 5.88. The summed E-state index contributed by atoms with van der Waals surface area (Å²) in [7, 11) is -9.12. The number of nitrogens with zero attached hydrogens (tertiary/aromatic N) is 4. The Hall–Kier alpha value is -4.05. The van der Waals surface area contributed by atoms with Gasteiger partial charge in [0.25, 0.3) is 0 Å². The summed E-state index contributed by atoms with van der Waals surface area (Å²) < 4.78 is 78.0. The molecule has 0 radical (unpaired) electrons. The molecule has 2 aromatic carbocycles. The van der Waals surface area contributed by atoms with Crippen LogP contribution in [0.5, 0.6) is 0 Å². The molecule has 3 aromatic rings. The minimum absolute atomic E-state index is 0.0576. The lowest BCUT2D eigenvalue weighted by molar-refractivity contribution is -0.143. The molecule has 1 N–H and O–H groups in total. The normalized spacial score (nSPS) is 15.5. The molecule has 1 aliphatic carbocycles. The number of nitriles is 2. The average molecular weight is 636 g/mol. The molecule has 0 spiro atoms. The first kappa shape index (κ1) is 29.9. The summed E-state index contributed by atoms with van der Waals surface area (Å²) in [6, 6.07) is 9.56.